The Labute approximate surface area is 143 Å². The highest BCUT2D eigenvalue weighted by atomic mass is 15.3. The van der Waals surface area contributed by atoms with E-state index in [-0.39, 0.29) is 16.5 Å². The molecule has 0 amide bonds. The summed E-state index contributed by atoms with van der Waals surface area (Å²) in [4.78, 5) is 0. The fraction of sp³-hybridized carbons (Fsp3) is 0.364. The largest absolute Gasteiger partial charge is 0.185 e. The molecule has 5 rings (SSSR count). The van der Waals surface area contributed by atoms with Gasteiger partial charge in [0.1, 0.15) is 5.54 Å². The van der Waals surface area contributed by atoms with Gasteiger partial charge in [-0.25, -0.2) is 0 Å². The molecular formula is C22H22N2. The predicted molar refractivity (Wildman–Crippen MR) is 95.8 cm³/mol. The molecule has 1 heterocycles. The number of azo groups is 1. The normalized spacial score (nSPS) is 41.2. The van der Waals surface area contributed by atoms with Crippen molar-refractivity contribution in [3.05, 3.63) is 83.9 Å². The molecular weight excluding hydrogens is 292 g/mol. The van der Waals surface area contributed by atoms with Crippen LogP contribution >= 0.6 is 0 Å². The number of nitrogens with zero attached hydrogens (tertiary/aromatic N) is 2. The molecule has 24 heavy (non-hydrogen) atoms. The summed E-state index contributed by atoms with van der Waals surface area (Å²) < 4.78 is 0. The highest BCUT2D eigenvalue weighted by Gasteiger charge is 2.77. The molecule has 2 aliphatic carbocycles. The van der Waals surface area contributed by atoms with Crippen molar-refractivity contribution in [2.75, 3.05) is 0 Å². The lowest BCUT2D eigenvalue weighted by Crippen LogP contribution is -2.47. The Morgan fingerprint density at radius 1 is 0.792 bits per heavy atom. The van der Waals surface area contributed by atoms with E-state index < -0.39 is 0 Å². The summed E-state index contributed by atoms with van der Waals surface area (Å²) in [6.07, 6.45) is 5.72. The second-order valence-corrected chi connectivity index (χ2v) is 7.91. The van der Waals surface area contributed by atoms with E-state index in [1.54, 1.807) is 0 Å². The van der Waals surface area contributed by atoms with E-state index in [0.717, 1.165) is 6.42 Å². The molecule has 2 nitrogen and oxygen atoms in total. The number of hydrogen-bond donors (Lipinski definition) is 0. The number of rotatable bonds is 3. The average Bonchev–Trinajstić information content (AvgIpc) is 2.83. The van der Waals surface area contributed by atoms with Gasteiger partial charge in [0.15, 0.2) is 0 Å². The standard InChI is InChI=1S/C22H22N2/c1-20(15-16-9-5-3-6-10-16)21(2)18-13-14-19(18)22(20,24-23-21)17-11-7-4-8-12-17/h3-14,18-19H,15H2,1-2H3/t18-,19+,20+,21+,22+/m1/s1. The fourth-order valence-electron chi connectivity index (χ4n) is 5.51. The van der Waals surface area contributed by atoms with Gasteiger partial charge in [0.25, 0.3) is 0 Å². The summed E-state index contributed by atoms with van der Waals surface area (Å²) in [5.41, 5.74) is 2.30. The zero-order valence-electron chi connectivity index (χ0n) is 14.2. The summed E-state index contributed by atoms with van der Waals surface area (Å²) >= 11 is 0. The summed E-state index contributed by atoms with van der Waals surface area (Å²) in [7, 11) is 0. The monoisotopic (exact) mass is 314 g/mol. The third kappa shape index (κ3) is 1.39. The van der Waals surface area contributed by atoms with Crippen molar-refractivity contribution in [2.24, 2.45) is 27.5 Å². The maximum absolute atomic E-state index is 4.98. The van der Waals surface area contributed by atoms with Crippen molar-refractivity contribution in [1.29, 1.82) is 0 Å². The molecule has 0 unspecified atom stereocenters. The topological polar surface area (TPSA) is 24.7 Å². The zero-order chi connectivity index (χ0) is 16.4. The van der Waals surface area contributed by atoms with Crippen molar-refractivity contribution < 1.29 is 0 Å². The quantitative estimate of drug-likeness (QED) is 0.698. The minimum atomic E-state index is -0.238. The molecule has 2 aromatic carbocycles. The third-order valence-corrected chi connectivity index (χ3v) is 7.03. The van der Waals surface area contributed by atoms with E-state index in [0.29, 0.717) is 11.8 Å². The van der Waals surface area contributed by atoms with Crippen LogP contribution in [0, 0.1) is 17.3 Å². The summed E-state index contributed by atoms with van der Waals surface area (Å²) in [6.45, 7) is 4.73. The van der Waals surface area contributed by atoms with Crippen molar-refractivity contribution in [3.63, 3.8) is 0 Å². The van der Waals surface area contributed by atoms with Crippen LogP contribution in [-0.2, 0) is 12.0 Å². The van der Waals surface area contributed by atoms with Crippen LogP contribution in [0.3, 0.4) is 0 Å². The molecule has 120 valence electrons. The Kier molecular flexibility index (Phi) is 2.62. The maximum atomic E-state index is 4.98. The molecule has 2 heteroatoms. The number of fused-ring (bicyclic) bond motifs is 5. The van der Waals surface area contributed by atoms with Gasteiger partial charge in [-0.15, -0.1) is 0 Å². The molecule has 1 saturated carbocycles. The van der Waals surface area contributed by atoms with E-state index >= 15 is 0 Å². The van der Waals surface area contributed by atoms with E-state index in [1.165, 1.54) is 11.1 Å². The molecule has 2 aromatic rings. The molecule has 0 saturated heterocycles. The molecule has 0 spiro atoms. The maximum Gasteiger partial charge on any atom is 0.121 e. The van der Waals surface area contributed by atoms with Crippen LogP contribution in [0.25, 0.3) is 0 Å². The van der Waals surface area contributed by atoms with Gasteiger partial charge in [-0.2, -0.15) is 10.2 Å². The predicted octanol–water partition coefficient (Wildman–Crippen LogP) is 5.17. The molecule has 1 aliphatic heterocycles. The van der Waals surface area contributed by atoms with Crippen molar-refractivity contribution in [1.82, 2.24) is 0 Å². The third-order valence-electron chi connectivity index (χ3n) is 7.03. The Morgan fingerprint density at radius 2 is 1.42 bits per heavy atom. The first-order chi connectivity index (χ1) is 11.6. The second kappa shape index (κ2) is 4.44. The number of hydrogen-bond acceptors (Lipinski definition) is 2. The fourth-order valence-corrected chi connectivity index (χ4v) is 5.51. The second-order valence-electron chi connectivity index (χ2n) is 7.91. The minimum Gasteiger partial charge on any atom is -0.185 e. The minimum absolute atomic E-state index is 0.0262. The summed E-state index contributed by atoms with van der Waals surface area (Å²) in [6, 6.07) is 21.7. The van der Waals surface area contributed by atoms with Gasteiger partial charge in [0.2, 0.25) is 0 Å². The van der Waals surface area contributed by atoms with Crippen molar-refractivity contribution in [2.45, 2.75) is 31.3 Å². The molecule has 3 aliphatic rings. The summed E-state index contributed by atoms with van der Waals surface area (Å²) in [5.74, 6) is 0.972. The molecule has 0 radical (unpaired) electrons. The van der Waals surface area contributed by atoms with Gasteiger partial charge < -0.3 is 0 Å². The lowest BCUT2D eigenvalue weighted by Gasteiger charge is -2.42. The highest BCUT2D eigenvalue weighted by Crippen LogP contribution is 2.74. The zero-order valence-corrected chi connectivity index (χ0v) is 14.2. The molecule has 5 atom stereocenters. The van der Waals surface area contributed by atoms with Gasteiger partial charge >= 0.3 is 0 Å². The van der Waals surface area contributed by atoms with Gasteiger partial charge in [-0.1, -0.05) is 79.7 Å². The SMILES string of the molecule is C[C@]1(Cc2ccccc2)[C@@]2(C)N=N[C@@]1(c1ccccc1)[C@H]1C=C[C@H]12. The van der Waals surface area contributed by atoms with Gasteiger partial charge in [-0.3, -0.25) is 0 Å². The first-order valence-corrected chi connectivity index (χ1v) is 8.84. The Morgan fingerprint density at radius 3 is 2.04 bits per heavy atom. The van der Waals surface area contributed by atoms with Crippen LogP contribution in [0.2, 0.25) is 0 Å². The number of benzene rings is 2. The van der Waals surface area contributed by atoms with Gasteiger partial charge in [0.05, 0.1) is 5.54 Å². The van der Waals surface area contributed by atoms with Crippen molar-refractivity contribution >= 4 is 0 Å². The van der Waals surface area contributed by atoms with E-state index in [9.17, 15) is 0 Å². The Hall–Kier alpha value is -2.22. The van der Waals surface area contributed by atoms with E-state index in [2.05, 4.69) is 86.7 Å². The molecule has 2 bridgehead atoms. The molecule has 0 N–H and O–H groups in total. The van der Waals surface area contributed by atoms with Crippen LogP contribution in [0.15, 0.2) is 83.0 Å². The van der Waals surface area contributed by atoms with E-state index in [4.69, 9.17) is 10.2 Å². The van der Waals surface area contributed by atoms with Crippen LogP contribution in [-0.4, -0.2) is 5.54 Å². The van der Waals surface area contributed by atoms with Gasteiger partial charge in [-0.05, 0) is 24.5 Å². The average molecular weight is 314 g/mol. The summed E-state index contributed by atoms with van der Waals surface area (Å²) in [5, 5.41) is 9.87. The van der Waals surface area contributed by atoms with Crippen LogP contribution < -0.4 is 0 Å². The Bertz CT molecular complexity index is 841. The van der Waals surface area contributed by atoms with Crippen molar-refractivity contribution in [3.8, 4) is 0 Å². The van der Waals surface area contributed by atoms with E-state index in [1.807, 2.05) is 0 Å². The lowest BCUT2D eigenvalue weighted by atomic mass is 9.61. The van der Waals surface area contributed by atoms with Crippen LogP contribution in [0.5, 0.6) is 0 Å². The van der Waals surface area contributed by atoms with Crippen LogP contribution in [0.4, 0.5) is 0 Å². The Balaban J connectivity index is 1.71. The first kappa shape index (κ1) is 14.2. The smallest absolute Gasteiger partial charge is 0.121 e. The molecule has 0 aromatic heterocycles. The highest BCUT2D eigenvalue weighted by molar-refractivity contribution is 5.47. The molecule has 1 fully saturated rings. The van der Waals surface area contributed by atoms with Gasteiger partial charge in [0, 0.05) is 17.3 Å². The first-order valence-electron chi connectivity index (χ1n) is 8.84. The van der Waals surface area contributed by atoms with Crippen LogP contribution in [0.1, 0.15) is 25.0 Å². The lowest BCUT2D eigenvalue weighted by molar-refractivity contribution is 0.144.